The molecule has 3 rings (SSSR count). The summed E-state index contributed by atoms with van der Waals surface area (Å²) in [6.07, 6.45) is 5.12. The molecule has 2 aliphatic rings. The van der Waals surface area contributed by atoms with Crippen molar-refractivity contribution in [1.29, 1.82) is 5.26 Å². The molecule has 0 bridgehead atoms. The van der Waals surface area contributed by atoms with Gasteiger partial charge in [0.15, 0.2) is 0 Å². The van der Waals surface area contributed by atoms with Gasteiger partial charge in [-0.1, -0.05) is 24.3 Å². The third-order valence-electron chi connectivity index (χ3n) is 3.90. The van der Waals surface area contributed by atoms with Gasteiger partial charge in [0.2, 0.25) is 0 Å². The average molecular weight is 226 g/mol. The first kappa shape index (κ1) is 10.8. The highest BCUT2D eigenvalue weighted by Gasteiger charge is 2.26. The van der Waals surface area contributed by atoms with Crippen molar-refractivity contribution in [3.8, 4) is 6.07 Å². The Hall–Kier alpha value is -1.33. The molecule has 1 aromatic carbocycles. The van der Waals surface area contributed by atoms with E-state index in [1.54, 1.807) is 0 Å². The van der Waals surface area contributed by atoms with Crippen molar-refractivity contribution in [3.63, 3.8) is 0 Å². The lowest BCUT2D eigenvalue weighted by Crippen LogP contribution is -2.24. The average Bonchev–Trinajstić information content (AvgIpc) is 3.09. The SMILES string of the molecule is N#CC(c1cccc(C2CC2)c1)N1CCCC1. The highest BCUT2D eigenvalue weighted by Crippen LogP contribution is 2.41. The van der Waals surface area contributed by atoms with Crippen LogP contribution in [0.25, 0.3) is 0 Å². The van der Waals surface area contributed by atoms with E-state index < -0.39 is 0 Å². The first-order chi connectivity index (χ1) is 8.38. The van der Waals surface area contributed by atoms with Crippen LogP contribution in [-0.2, 0) is 0 Å². The second kappa shape index (κ2) is 4.50. The number of benzene rings is 1. The molecular formula is C15H18N2. The predicted octanol–water partition coefficient (Wildman–Crippen LogP) is 3.22. The Balaban J connectivity index is 1.85. The molecule has 1 aliphatic carbocycles. The Bertz CT molecular complexity index is 436. The van der Waals surface area contributed by atoms with E-state index in [1.807, 2.05) is 0 Å². The molecule has 1 heterocycles. The number of hydrogen-bond donors (Lipinski definition) is 0. The molecule has 0 aromatic heterocycles. The smallest absolute Gasteiger partial charge is 0.123 e. The summed E-state index contributed by atoms with van der Waals surface area (Å²) < 4.78 is 0. The largest absolute Gasteiger partial charge is 0.284 e. The zero-order valence-corrected chi connectivity index (χ0v) is 10.1. The zero-order chi connectivity index (χ0) is 11.7. The Morgan fingerprint density at radius 2 is 2.00 bits per heavy atom. The molecule has 1 saturated carbocycles. The Labute approximate surface area is 103 Å². The van der Waals surface area contributed by atoms with Crippen molar-refractivity contribution >= 4 is 0 Å². The van der Waals surface area contributed by atoms with Crippen LogP contribution >= 0.6 is 0 Å². The molecule has 17 heavy (non-hydrogen) atoms. The molecule has 0 amide bonds. The van der Waals surface area contributed by atoms with Gasteiger partial charge in [-0.15, -0.1) is 0 Å². The van der Waals surface area contributed by atoms with E-state index >= 15 is 0 Å². The van der Waals surface area contributed by atoms with E-state index in [-0.39, 0.29) is 6.04 Å². The maximum atomic E-state index is 9.39. The molecule has 0 radical (unpaired) electrons. The van der Waals surface area contributed by atoms with E-state index in [1.165, 1.54) is 36.8 Å². The summed E-state index contributed by atoms with van der Waals surface area (Å²) in [7, 11) is 0. The summed E-state index contributed by atoms with van der Waals surface area (Å²) in [5, 5.41) is 9.39. The molecule has 1 atom stereocenters. The minimum atomic E-state index is -0.0313. The normalized spacial score (nSPS) is 22.3. The van der Waals surface area contributed by atoms with Gasteiger partial charge in [0.05, 0.1) is 6.07 Å². The predicted molar refractivity (Wildman–Crippen MR) is 67.6 cm³/mol. The van der Waals surface area contributed by atoms with Gasteiger partial charge in [-0.2, -0.15) is 5.26 Å². The fourth-order valence-electron chi connectivity index (χ4n) is 2.77. The van der Waals surface area contributed by atoms with Crippen LogP contribution in [0.5, 0.6) is 0 Å². The molecule has 1 aromatic rings. The highest BCUT2D eigenvalue weighted by atomic mass is 15.2. The summed E-state index contributed by atoms with van der Waals surface area (Å²) in [5.41, 5.74) is 2.63. The second-order valence-electron chi connectivity index (χ2n) is 5.22. The van der Waals surface area contributed by atoms with E-state index in [2.05, 4.69) is 35.2 Å². The van der Waals surface area contributed by atoms with Crippen LogP contribution < -0.4 is 0 Å². The fourth-order valence-corrected chi connectivity index (χ4v) is 2.77. The first-order valence-electron chi connectivity index (χ1n) is 6.62. The van der Waals surface area contributed by atoms with Crippen LogP contribution in [0.1, 0.15) is 48.8 Å². The molecule has 2 fully saturated rings. The Kier molecular flexibility index (Phi) is 2.86. The fraction of sp³-hybridized carbons (Fsp3) is 0.533. The molecule has 88 valence electrons. The van der Waals surface area contributed by atoms with E-state index in [0.717, 1.165) is 19.0 Å². The van der Waals surface area contributed by atoms with Gasteiger partial charge >= 0.3 is 0 Å². The quantitative estimate of drug-likeness (QED) is 0.791. The zero-order valence-electron chi connectivity index (χ0n) is 10.1. The lowest BCUT2D eigenvalue weighted by molar-refractivity contribution is 0.294. The summed E-state index contributed by atoms with van der Waals surface area (Å²) in [6.45, 7) is 2.15. The van der Waals surface area contributed by atoms with Crippen LogP contribution in [0.15, 0.2) is 24.3 Å². The van der Waals surface area contributed by atoms with E-state index in [0.29, 0.717) is 0 Å². The molecule has 0 N–H and O–H groups in total. The molecule has 2 heteroatoms. The van der Waals surface area contributed by atoms with Gasteiger partial charge in [-0.25, -0.2) is 0 Å². The summed E-state index contributed by atoms with van der Waals surface area (Å²) in [6, 6.07) is 11.1. The monoisotopic (exact) mass is 226 g/mol. The first-order valence-corrected chi connectivity index (χ1v) is 6.62. The van der Waals surface area contributed by atoms with Crippen molar-refractivity contribution in [2.45, 2.75) is 37.6 Å². The van der Waals surface area contributed by atoms with Gasteiger partial charge in [-0.05, 0) is 55.8 Å². The third-order valence-corrected chi connectivity index (χ3v) is 3.90. The van der Waals surface area contributed by atoms with Crippen LogP contribution in [0.3, 0.4) is 0 Å². The van der Waals surface area contributed by atoms with Crippen LogP contribution in [0, 0.1) is 11.3 Å². The number of hydrogen-bond acceptors (Lipinski definition) is 2. The van der Waals surface area contributed by atoms with Crippen LogP contribution in [0.4, 0.5) is 0 Å². The van der Waals surface area contributed by atoms with Gasteiger partial charge in [-0.3, -0.25) is 4.90 Å². The van der Waals surface area contributed by atoms with Crippen molar-refractivity contribution in [3.05, 3.63) is 35.4 Å². The minimum Gasteiger partial charge on any atom is -0.284 e. The van der Waals surface area contributed by atoms with Crippen molar-refractivity contribution < 1.29 is 0 Å². The molecule has 1 unspecified atom stereocenters. The lowest BCUT2D eigenvalue weighted by Gasteiger charge is -2.21. The molecule has 1 saturated heterocycles. The van der Waals surface area contributed by atoms with Crippen LogP contribution in [-0.4, -0.2) is 18.0 Å². The molecule has 2 nitrogen and oxygen atoms in total. The maximum absolute atomic E-state index is 9.39. The van der Waals surface area contributed by atoms with Crippen LogP contribution in [0.2, 0.25) is 0 Å². The minimum absolute atomic E-state index is 0.0313. The second-order valence-corrected chi connectivity index (χ2v) is 5.22. The number of nitriles is 1. The van der Waals surface area contributed by atoms with Crippen molar-refractivity contribution in [1.82, 2.24) is 4.90 Å². The topological polar surface area (TPSA) is 27.0 Å². The standard InChI is InChI=1S/C15H18N2/c16-11-15(17-8-1-2-9-17)14-5-3-4-13(10-14)12-6-7-12/h3-5,10,12,15H,1-2,6-9H2. The maximum Gasteiger partial charge on any atom is 0.123 e. The van der Waals surface area contributed by atoms with Gasteiger partial charge in [0.25, 0.3) is 0 Å². The Morgan fingerprint density at radius 1 is 1.24 bits per heavy atom. The molecule has 1 aliphatic heterocycles. The number of rotatable bonds is 3. The van der Waals surface area contributed by atoms with Gasteiger partial charge in [0, 0.05) is 0 Å². The molecular weight excluding hydrogens is 208 g/mol. The van der Waals surface area contributed by atoms with Gasteiger partial charge < -0.3 is 0 Å². The van der Waals surface area contributed by atoms with Crippen molar-refractivity contribution in [2.24, 2.45) is 0 Å². The molecule has 0 spiro atoms. The number of likely N-dealkylation sites (tertiary alicyclic amines) is 1. The summed E-state index contributed by atoms with van der Waals surface area (Å²) >= 11 is 0. The third kappa shape index (κ3) is 2.21. The van der Waals surface area contributed by atoms with Gasteiger partial charge in [0.1, 0.15) is 6.04 Å². The van der Waals surface area contributed by atoms with E-state index in [9.17, 15) is 5.26 Å². The highest BCUT2D eigenvalue weighted by molar-refractivity contribution is 5.33. The number of nitrogens with zero attached hydrogens (tertiary/aromatic N) is 2. The Morgan fingerprint density at radius 3 is 2.65 bits per heavy atom. The lowest BCUT2D eigenvalue weighted by atomic mass is 10.0. The van der Waals surface area contributed by atoms with E-state index in [4.69, 9.17) is 0 Å². The summed E-state index contributed by atoms with van der Waals surface area (Å²) in [4.78, 5) is 2.31. The van der Waals surface area contributed by atoms with Crippen molar-refractivity contribution in [2.75, 3.05) is 13.1 Å². The summed E-state index contributed by atoms with van der Waals surface area (Å²) in [5.74, 6) is 0.771.